The van der Waals surface area contributed by atoms with E-state index in [4.69, 9.17) is 4.74 Å². The lowest BCUT2D eigenvalue weighted by Crippen LogP contribution is -2.32. The number of amides is 1. The number of imidazole rings is 1. The van der Waals surface area contributed by atoms with Crippen molar-refractivity contribution in [1.29, 1.82) is 0 Å². The first kappa shape index (κ1) is 17.7. The molecule has 1 amide bonds. The molecule has 0 saturated carbocycles. The van der Waals surface area contributed by atoms with Crippen LogP contribution in [0.3, 0.4) is 0 Å². The minimum absolute atomic E-state index is 0.280. The number of benzene rings is 2. The van der Waals surface area contributed by atoms with E-state index in [9.17, 15) is 4.79 Å². The van der Waals surface area contributed by atoms with Crippen LogP contribution in [0, 0.1) is 0 Å². The molecule has 0 saturated heterocycles. The highest BCUT2D eigenvalue weighted by Crippen LogP contribution is 2.30. The molecular weight excluding hydrogens is 326 g/mol. The Labute approximate surface area is 153 Å². The molecule has 2 N–H and O–H groups in total. The molecule has 5 heteroatoms. The second kappa shape index (κ2) is 7.44. The van der Waals surface area contributed by atoms with E-state index in [0.717, 1.165) is 22.4 Å². The number of hydrogen-bond acceptors (Lipinski definition) is 3. The van der Waals surface area contributed by atoms with Gasteiger partial charge in [0.05, 0.1) is 18.4 Å². The lowest BCUT2D eigenvalue weighted by atomic mass is 9.98. The fourth-order valence-corrected chi connectivity index (χ4v) is 2.65. The highest BCUT2D eigenvalue weighted by Gasteiger charge is 2.16. The van der Waals surface area contributed by atoms with Gasteiger partial charge in [-0.25, -0.2) is 9.78 Å². The van der Waals surface area contributed by atoms with Gasteiger partial charge in [-0.15, -0.1) is 0 Å². The maximum Gasteiger partial charge on any atom is 0.408 e. The van der Waals surface area contributed by atoms with Crippen LogP contribution in [0.5, 0.6) is 0 Å². The maximum absolute atomic E-state index is 11.8. The first-order valence-electron chi connectivity index (χ1n) is 8.58. The molecule has 0 unspecified atom stereocenters. The standard InChI is InChI=1S/C21H23N3O2/c1-21(2,3)26-20(25)23-14-19-22-13-18(24-19)17-12-8-7-11-16(17)15-9-5-4-6-10-15/h4-13H,14H2,1-3H3,(H,22,24)(H,23,25). The Kier molecular flexibility index (Phi) is 5.07. The quantitative estimate of drug-likeness (QED) is 0.713. The predicted molar refractivity (Wildman–Crippen MR) is 103 cm³/mol. The van der Waals surface area contributed by atoms with Gasteiger partial charge in [-0.2, -0.15) is 0 Å². The largest absolute Gasteiger partial charge is 0.444 e. The molecule has 0 fully saturated rings. The zero-order valence-corrected chi connectivity index (χ0v) is 15.2. The molecule has 5 nitrogen and oxygen atoms in total. The Balaban J connectivity index is 1.76. The third kappa shape index (κ3) is 4.51. The van der Waals surface area contributed by atoms with E-state index in [-0.39, 0.29) is 6.54 Å². The number of carbonyl (C=O) groups is 1. The van der Waals surface area contributed by atoms with Crippen molar-refractivity contribution in [2.75, 3.05) is 0 Å². The summed E-state index contributed by atoms with van der Waals surface area (Å²) in [6.45, 7) is 5.77. The molecule has 134 valence electrons. The molecule has 0 radical (unpaired) electrons. The van der Waals surface area contributed by atoms with Crippen LogP contribution in [0.25, 0.3) is 22.4 Å². The molecule has 0 spiro atoms. The van der Waals surface area contributed by atoms with E-state index in [2.05, 4.69) is 39.6 Å². The van der Waals surface area contributed by atoms with E-state index < -0.39 is 11.7 Å². The van der Waals surface area contributed by atoms with Crippen molar-refractivity contribution >= 4 is 6.09 Å². The van der Waals surface area contributed by atoms with Gasteiger partial charge in [-0.05, 0) is 31.9 Å². The molecule has 26 heavy (non-hydrogen) atoms. The van der Waals surface area contributed by atoms with Crippen molar-refractivity contribution in [3.63, 3.8) is 0 Å². The summed E-state index contributed by atoms with van der Waals surface area (Å²) in [5.41, 5.74) is 3.72. The van der Waals surface area contributed by atoms with Gasteiger partial charge < -0.3 is 15.0 Å². The predicted octanol–water partition coefficient (Wildman–Crippen LogP) is 4.77. The smallest absolute Gasteiger partial charge is 0.408 e. The number of ether oxygens (including phenoxy) is 1. The number of alkyl carbamates (subject to hydrolysis) is 1. The number of hydrogen-bond donors (Lipinski definition) is 2. The van der Waals surface area contributed by atoms with Crippen LogP contribution in [0.2, 0.25) is 0 Å². The van der Waals surface area contributed by atoms with Gasteiger partial charge in [-0.3, -0.25) is 0 Å². The van der Waals surface area contributed by atoms with E-state index in [0.29, 0.717) is 5.82 Å². The van der Waals surface area contributed by atoms with Crippen molar-refractivity contribution in [2.45, 2.75) is 32.9 Å². The lowest BCUT2D eigenvalue weighted by molar-refractivity contribution is 0.0522. The SMILES string of the molecule is CC(C)(C)OC(=O)NCc1ncc(-c2ccccc2-c2ccccc2)[nH]1. The first-order chi connectivity index (χ1) is 12.4. The van der Waals surface area contributed by atoms with E-state index in [1.54, 1.807) is 6.20 Å². The third-order valence-corrected chi connectivity index (χ3v) is 3.73. The van der Waals surface area contributed by atoms with Crippen molar-refractivity contribution in [2.24, 2.45) is 0 Å². The molecular formula is C21H23N3O2. The summed E-state index contributed by atoms with van der Waals surface area (Å²) in [6, 6.07) is 18.4. The van der Waals surface area contributed by atoms with Gasteiger partial charge >= 0.3 is 6.09 Å². The highest BCUT2D eigenvalue weighted by molar-refractivity contribution is 5.81. The second-order valence-corrected chi connectivity index (χ2v) is 7.01. The second-order valence-electron chi connectivity index (χ2n) is 7.01. The molecule has 1 heterocycles. The van der Waals surface area contributed by atoms with Crippen LogP contribution >= 0.6 is 0 Å². The minimum Gasteiger partial charge on any atom is -0.444 e. The monoisotopic (exact) mass is 349 g/mol. The van der Waals surface area contributed by atoms with E-state index >= 15 is 0 Å². The minimum atomic E-state index is -0.521. The molecule has 3 rings (SSSR count). The summed E-state index contributed by atoms with van der Waals surface area (Å²) in [7, 11) is 0. The van der Waals surface area contributed by atoms with Crippen LogP contribution in [0.1, 0.15) is 26.6 Å². The summed E-state index contributed by atoms with van der Waals surface area (Å²) in [5.74, 6) is 0.675. The Morgan fingerprint density at radius 2 is 1.69 bits per heavy atom. The number of carbonyl (C=O) groups excluding carboxylic acids is 1. The molecule has 0 aliphatic carbocycles. The summed E-state index contributed by atoms with van der Waals surface area (Å²) in [4.78, 5) is 19.4. The van der Waals surface area contributed by atoms with E-state index in [1.807, 2.05) is 51.1 Å². The Morgan fingerprint density at radius 1 is 1.04 bits per heavy atom. The fraction of sp³-hybridized carbons (Fsp3) is 0.238. The molecule has 0 bridgehead atoms. The summed E-state index contributed by atoms with van der Waals surface area (Å²) in [5, 5.41) is 2.71. The van der Waals surface area contributed by atoms with Crippen LogP contribution in [0.4, 0.5) is 4.79 Å². The number of aromatic amines is 1. The maximum atomic E-state index is 11.8. The van der Waals surface area contributed by atoms with Crippen LogP contribution < -0.4 is 5.32 Å². The lowest BCUT2D eigenvalue weighted by Gasteiger charge is -2.19. The van der Waals surface area contributed by atoms with Crippen molar-refractivity contribution in [3.8, 4) is 22.4 Å². The number of nitrogens with one attached hydrogen (secondary N) is 2. The van der Waals surface area contributed by atoms with Gasteiger partial charge in [0.2, 0.25) is 0 Å². The van der Waals surface area contributed by atoms with Gasteiger partial charge in [0.25, 0.3) is 0 Å². The van der Waals surface area contributed by atoms with Gasteiger partial charge in [0, 0.05) is 5.56 Å². The van der Waals surface area contributed by atoms with Gasteiger partial charge in [-0.1, -0.05) is 54.6 Å². The molecule has 2 aromatic carbocycles. The first-order valence-corrected chi connectivity index (χ1v) is 8.58. The Hall–Kier alpha value is -3.08. The topological polar surface area (TPSA) is 67.0 Å². The number of H-pyrrole nitrogens is 1. The van der Waals surface area contributed by atoms with Crippen molar-refractivity contribution in [3.05, 3.63) is 66.6 Å². The fourth-order valence-electron chi connectivity index (χ4n) is 2.65. The zero-order chi connectivity index (χ0) is 18.6. The average molecular weight is 349 g/mol. The van der Waals surface area contributed by atoms with Crippen LogP contribution in [-0.4, -0.2) is 21.7 Å². The molecule has 0 aliphatic rings. The number of nitrogens with zero attached hydrogens (tertiary/aromatic N) is 1. The van der Waals surface area contributed by atoms with Crippen molar-refractivity contribution in [1.82, 2.24) is 15.3 Å². The summed E-state index contributed by atoms with van der Waals surface area (Å²) >= 11 is 0. The summed E-state index contributed by atoms with van der Waals surface area (Å²) in [6.07, 6.45) is 1.33. The molecule has 0 aliphatic heterocycles. The average Bonchev–Trinajstić information content (AvgIpc) is 3.08. The van der Waals surface area contributed by atoms with Gasteiger partial charge in [0.15, 0.2) is 0 Å². The molecule has 1 aromatic heterocycles. The normalized spacial score (nSPS) is 11.2. The van der Waals surface area contributed by atoms with E-state index in [1.165, 1.54) is 0 Å². The van der Waals surface area contributed by atoms with Crippen LogP contribution in [0.15, 0.2) is 60.8 Å². The Bertz CT molecular complexity index is 880. The highest BCUT2D eigenvalue weighted by atomic mass is 16.6. The van der Waals surface area contributed by atoms with Crippen LogP contribution in [-0.2, 0) is 11.3 Å². The third-order valence-electron chi connectivity index (χ3n) is 3.73. The number of aromatic nitrogens is 2. The Morgan fingerprint density at radius 3 is 2.38 bits per heavy atom. The molecule has 0 atom stereocenters. The molecule has 3 aromatic rings. The van der Waals surface area contributed by atoms with Crippen molar-refractivity contribution < 1.29 is 9.53 Å². The zero-order valence-electron chi connectivity index (χ0n) is 15.2. The van der Waals surface area contributed by atoms with Gasteiger partial charge in [0.1, 0.15) is 11.4 Å². The summed E-state index contributed by atoms with van der Waals surface area (Å²) < 4.78 is 5.24. The number of rotatable bonds is 4.